The maximum Gasteiger partial charge on any atom is 0.0881 e. The molecule has 1 aromatic rings. The highest BCUT2D eigenvalue weighted by Crippen LogP contribution is 2.26. The van der Waals surface area contributed by atoms with Gasteiger partial charge in [0.1, 0.15) is 0 Å². The molecule has 0 spiro atoms. The van der Waals surface area contributed by atoms with E-state index < -0.39 is 0 Å². The van der Waals surface area contributed by atoms with Crippen LogP contribution in [0.5, 0.6) is 0 Å². The molecule has 2 rings (SSSR count). The molecule has 0 saturated heterocycles. The normalized spacial score (nSPS) is 18.0. The molecule has 1 N–H and O–H groups in total. The topological polar surface area (TPSA) is 29.9 Å². The molecule has 3 nitrogen and oxygen atoms in total. The summed E-state index contributed by atoms with van der Waals surface area (Å²) in [7, 11) is 2.00. The Morgan fingerprint density at radius 3 is 2.56 bits per heavy atom. The van der Waals surface area contributed by atoms with Crippen molar-refractivity contribution in [3.63, 3.8) is 0 Å². The first-order chi connectivity index (χ1) is 8.66. The van der Waals surface area contributed by atoms with E-state index in [1.54, 1.807) is 0 Å². The molecule has 0 radical (unpaired) electrons. The number of hydrogen-bond acceptors (Lipinski definition) is 2. The summed E-state index contributed by atoms with van der Waals surface area (Å²) in [4.78, 5) is 0. The summed E-state index contributed by atoms with van der Waals surface area (Å²) in [6.45, 7) is 5.53. The number of hydrogen-bond donors (Lipinski definition) is 1. The van der Waals surface area contributed by atoms with E-state index in [9.17, 15) is 0 Å². The van der Waals surface area contributed by atoms with Crippen LogP contribution in [0.2, 0.25) is 0 Å². The zero-order valence-corrected chi connectivity index (χ0v) is 12.1. The van der Waals surface area contributed by atoms with Gasteiger partial charge in [-0.1, -0.05) is 39.5 Å². The number of anilines is 1. The summed E-state index contributed by atoms with van der Waals surface area (Å²) in [6.07, 6.45) is 10.6. The van der Waals surface area contributed by atoms with Crippen LogP contribution in [0.15, 0.2) is 6.20 Å². The second kappa shape index (κ2) is 6.26. The van der Waals surface area contributed by atoms with Gasteiger partial charge in [0.2, 0.25) is 0 Å². The van der Waals surface area contributed by atoms with E-state index >= 15 is 0 Å². The molecule has 1 saturated carbocycles. The fourth-order valence-electron chi connectivity index (χ4n) is 2.89. The van der Waals surface area contributed by atoms with E-state index in [0.29, 0.717) is 5.92 Å². The highest BCUT2D eigenvalue weighted by Gasteiger charge is 2.15. The molecule has 0 bridgehead atoms. The predicted molar refractivity (Wildman–Crippen MR) is 77.0 cm³/mol. The number of nitrogens with one attached hydrogen (secondary N) is 1. The lowest BCUT2D eigenvalue weighted by Gasteiger charge is -2.16. The molecule has 1 aliphatic rings. The lowest BCUT2D eigenvalue weighted by molar-refractivity contribution is 0.483. The minimum atomic E-state index is 0.489. The Hall–Kier alpha value is -0.990. The van der Waals surface area contributed by atoms with Crippen molar-refractivity contribution in [3.05, 3.63) is 11.9 Å². The third-order valence-electron chi connectivity index (χ3n) is 3.96. The van der Waals surface area contributed by atoms with E-state index in [1.807, 2.05) is 11.7 Å². The standard InChI is InChI=1S/C15H27N3/c1-12(2)15-14(11-18(3)17-15)16-10-13-8-6-4-5-7-9-13/h11-13,16H,4-10H2,1-3H3. The van der Waals surface area contributed by atoms with Gasteiger partial charge in [0.25, 0.3) is 0 Å². The molecule has 0 atom stereocenters. The first-order valence-electron chi connectivity index (χ1n) is 7.44. The van der Waals surface area contributed by atoms with Gasteiger partial charge in [-0.25, -0.2) is 0 Å². The van der Waals surface area contributed by atoms with Crippen molar-refractivity contribution in [3.8, 4) is 0 Å². The number of rotatable bonds is 4. The Morgan fingerprint density at radius 2 is 1.94 bits per heavy atom. The van der Waals surface area contributed by atoms with Crippen LogP contribution in [0.3, 0.4) is 0 Å². The highest BCUT2D eigenvalue weighted by atomic mass is 15.3. The zero-order valence-electron chi connectivity index (χ0n) is 12.1. The van der Waals surface area contributed by atoms with Gasteiger partial charge >= 0.3 is 0 Å². The summed E-state index contributed by atoms with van der Waals surface area (Å²) >= 11 is 0. The van der Waals surface area contributed by atoms with Crippen molar-refractivity contribution in [2.24, 2.45) is 13.0 Å². The SMILES string of the molecule is CC(C)c1nn(C)cc1NCC1CCCCCC1. The molecule has 1 heterocycles. The van der Waals surface area contributed by atoms with Gasteiger partial charge in [0, 0.05) is 19.8 Å². The van der Waals surface area contributed by atoms with Gasteiger partial charge in [-0.05, 0) is 24.7 Å². The molecule has 0 aliphatic heterocycles. The quantitative estimate of drug-likeness (QED) is 0.819. The summed E-state index contributed by atoms with van der Waals surface area (Å²) in [5.41, 5.74) is 2.43. The molecule has 1 fully saturated rings. The maximum atomic E-state index is 4.55. The number of aryl methyl sites for hydroxylation is 1. The van der Waals surface area contributed by atoms with E-state index in [0.717, 1.165) is 12.5 Å². The van der Waals surface area contributed by atoms with Gasteiger partial charge in [0.15, 0.2) is 0 Å². The van der Waals surface area contributed by atoms with Crippen LogP contribution >= 0.6 is 0 Å². The first kappa shape index (κ1) is 13.4. The van der Waals surface area contributed by atoms with E-state index in [-0.39, 0.29) is 0 Å². The van der Waals surface area contributed by atoms with E-state index in [1.165, 1.54) is 49.9 Å². The van der Waals surface area contributed by atoms with Gasteiger partial charge in [-0.15, -0.1) is 0 Å². The molecule has 102 valence electrons. The van der Waals surface area contributed by atoms with Crippen molar-refractivity contribution in [1.29, 1.82) is 0 Å². The zero-order chi connectivity index (χ0) is 13.0. The first-order valence-corrected chi connectivity index (χ1v) is 7.44. The molecule has 1 aromatic heterocycles. The van der Waals surface area contributed by atoms with Crippen molar-refractivity contribution in [2.45, 2.75) is 58.3 Å². The fraction of sp³-hybridized carbons (Fsp3) is 0.800. The van der Waals surface area contributed by atoms with Crippen LogP contribution in [0, 0.1) is 5.92 Å². The monoisotopic (exact) mass is 249 g/mol. The van der Waals surface area contributed by atoms with Crippen molar-refractivity contribution >= 4 is 5.69 Å². The molecular weight excluding hydrogens is 222 g/mol. The van der Waals surface area contributed by atoms with Crippen LogP contribution in [-0.4, -0.2) is 16.3 Å². The highest BCUT2D eigenvalue weighted by molar-refractivity contribution is 5.47. The summed E-state index contributed by atoms with van der Waals surface area (Å²) < 4.78 is 1.92. The third kappa shape index (κ3) is 3.50. The molecule has 0 unspecified atom stereocenters. The smallest absolute Gasteiger partial charge is 0.0881 e. The van der Waals surface area contributed by atoms with E-state index in [2.05, 4.69) is 30.5 Å². The van der Waals surface area contributed by atoms with Crippen LogP contribution < -0.4 is 5.32 Å². The minimum absolute atomic E-state index is 0.489. The van der Waals surface area contributed by atoms with Crippen LogP contribution in [0.4, 0.5) is 5.69 Å². The van der Waals surface area contributed by atoms with Crippen LogP contribution in [-0.2, 0) is 7.05 Å². The summed E-state index contributed by atoms with van der Waals surface area (Å²) in [5.74, 6) is 1.34. The fourth-order valence-corrected chi connectivity index (χ4v) is 2.89. The van der Waals surface area contributed by atoms with Gasteiger partial charge < -0.3 is 5.32 Å². The van der Waals surface area contributed by atoms with Crippen molar-refractivity contribution in [1.82, 2.24) is 9.78 Å². The second-order valence-corrected chi connectivity index (χ2v) is 5.99. The van der Waals surface area contributed by atoms with Crippen molar-refractivity contribution in [2.75, 3.05) is 11.9 Å². The maximum absolute atomic E-state index is 4.55. The van der Waals surface area contributed by atoms with Gasteiger partial charge in [-0.3, -0.25) is 4.68 Å². The molecule has 18 heavy (non-hydrogen) atoms. The summed E-state index contributed by atoms with van der Waals surface area (Å²) in [5, 5.41) is 8.18. The Labute approximate surface area is 111 Å². The Morgan fingerprint density at radius 1 is 1.28 bits per heavy atom. The minimum Gasteiger partial charge on any atom is -0.382 e. The average Bonchev–Trinajstić information content (AvgIpc) is 2.55. The van der Waals surface area contributed by atoms with Gasteiger partial charge in [0.05, 0.1) is 11.4 Å². The molecule has 0 amide bonds. The molecular formula is C15H27N3. The molecule has 3 heteroatoms. The Kier molecular flexibility index (Phi) is 4.67. The number of aromatic nitrogens is 2. The predicted octanol–water partition coefficient (Wildman–Crippen LogP) is 3.93. The Balaban J connectivity index is 1.92. The Bertz CT molecular complexity index is 360. The summed E-state index contributed by atoms with van der Waals surface area (Å²) in [6, 6.07) is 0. The van der Waals surface area contributed by atoms with Crippen molar-refractivity contribution < 1.29 is 0 Å². The van der Waals surface area contributed by atoms with Crippen LogP contribution in [0.25, 0.3) is 0 Å². The second-order valence-electron chi connectivity index (χ2n) is 5.99. The number of nitrogens with zero attached hydrogens (tertiary/aromatic N) is 2. The average molecular weight is 249 g/mol. The van der Waals surface area contributed by atoms with E-state index in [4.69, 9.17) is 0 Å². The van der Waals surface area contributed by atoms with Gasteiger partial charge in [-0.2, -0.15) is 5.10 Å². The largest absolute Gasteiger partial charge is 0.382 e. The van der Waals surface area contributed by atoms with Crippen LogP contribution in [0.1, 0.15) is 64.0 Å². The molecule has 0 aromatic carbocycles. The third-order valence-corrected chi connectivity index (χ3v) is 3.96. The molecule has 1 aliphatic carbocycles. The lowest BCUT2D eigenvalue weighted by atomic mass is 10.0. The lowest BCUT2D eigenvalue weighted by Crippen LogP contribution is -2.14.